The molecule has 0 amide bonds. The van der Waals surface area contributed by atoms with Crippen molar-refractivity contribution in [1.82, 2.24) is 0 Å². The standard InChI is InChI=1S/C37H61P/c1-7-13-19-29-25-27-35(33(23-17-11-5)31(29)21-15-9-3)37(38)36-28-26-30(20-14-8-2)32(22-16-10-4)34(36)24-18-12-6/h25-28,37H,7-24,38H2,1-6H3. The second-order valence-electron chi connectivity index (χ2n) is 11.6. The predicted molar refractivity (Wildman–Crippen MR) is 176 cm³/mol. The summed E-state index contributed by atoms with van der Waals surface area (Å²) in [7, 11) is 3.33. The van der Waals surface area contributed by atoms with E-state index in [2.05, 4.69) is 75.0 Å². The Hall–Kier alpha value is -1.13. The summed E-state index contributed by atoms with van der Waals surface area (Å²) in [4.78, 5) is 0. The number of unbranched alkanes of at least 4 members (excludes halogenated alkanes) is 6. The Bertz CT molecular complexity index is 849. The average molecular weight is 537 g/mol. The van der Waals surface area contributed by atoms with Crippen molar-refractivity contribution in [1.29, 1.82) is 0 Å². The molecule has 1 unspecified atom stereocenters. The fourth-order valence-electron chi connectivity index (χ4n) is 6.10. The molecule has 2 aromatic rings. The van der Waals surface area contributed by atoms with Crippen LogP contribution in [0.25, 0.3) is 0 Å². The maximum Gasteiger partial charge on any atom is 0.0239 e. The Morgan fingerprint density at radius 3 is 1.03 bits per heavy atom. The van der Waals surface area contributed by atoms with E-state index in [0.717, 1.165) is 0 Å². The number of hydrogen-bond acceptors (Lipinski definition) is 0. The molecular weight excluding hydrogens is 475 g/mol. The van der Waals surface area contributed by atoms with E-state index < -0.39 is 0 Å². The van der Waals surface area contributed by atoms with Gasteiger partial charge >= 0.3 is 0 Å². The zero-order valence-corrected chi connectivity index (χ0v) is 27.3. The second kappa shape index (κ2) is 19.0. The Kier molecular flexibility index (Phi) is 16.6. The van der Waals surface area contributed by atoms with Crippen LogP contribution in [0.3, 0.4) is 0 Å². The Labute approximate surface area is 240 Å². The SMILES string of the molecule is CCCCc1ccc(C(P)c2ccc(CCCC)c(CCCC)c2CCCC)c(CCCC)c1CCCC. The molecule has 0 aliphatic carbocycles. The summed E-state index contributed by atoms with van der Waals surface area (Å²) in [6, 6.07) is 10.1. The van der Waals surface area contributed by atoms with Gasteiger partial charge in [-0.15, -0.1) is 9.24 Å². The molecule has 0 nitrogen and oxygen atoms in total. The van der Waals surface area contributed by atoms with Crippen molar-refractivity contribution in [3.63, 3.8) is 0 Å². The van der Waals surface area contributed by atoms with Crippen LogP contribution in [0.2, 0.25) is 0 Å². The lowest BCUT2D eigenvalue weighted by atomic mass is 9.82. The minimum atomic E-state index is 0.384. The molecule has 0 radical (unpaired) electrons. The highest BCUT2D eigenvalue weighted by atomic mass is 31.0. The molecule has 0 heterocycles. The van der Waals surface area contributed by atoms with Gasteiger partial charge in [-0.3, -0.25) is 0 Å². The van der Waals surface area contributed by atoms with Crippen LogP contribution in [0.5, 0.6) is 0 Å². The first-order valence-electron chi connectivity index (χ1n) is 16.6. The van der Waals surface area contributed by atoms with Crippen LogP contribution < -0.4 is 0 Å². The molecular formula is C37H61P. The van der Waals surface area contributed by atoms with Crippen LogP contribution in [-0.2, 0) is 38.5 Å². The predicted octanol–water partition coefficient (Wildman–Crippen LogP) is 11.7. The van der Waals surface area contributed by atoms with E-state index in [4.69, 9.17) is 0 Å². The highest BCUT2D eigenvalue weighted by Gasteiger charge is 2.22. The van der Waals surface area contributed by atoms with Gasteiger partial charge < -0.3 is 0 Å². The van der Waals surface area contributed by atoms with Crippen LogP contribution in [0, 0.1) is 0 Å². The van der Waals surface area contributed by atoms with Crippen molar-refractivity contribution in [2.24, 2.45) is 0 Å². The number of rotatable bonds is 20. The van der Waals surface area contributed by atoms with E-state index in [-0.39, 0.29) is 0 Å². The van der Waals surface area contributed by atoms with Crippen molar-refractivity contribution in [3.05, 3.63) is 68.8 Å². The van der Waals surface area contributed by atoms with E-state index >= 15 is 0 Å². The first kappa shape index (κ1) is 33.1. The highest BCUT2D eigenvalue weighted by Crippen LogP contribution is 2.41. The monoisotopic (exact) mass is 536 g/mol. The first-order valence-corrected chi connectivity index (χ1v) is 17.3. The molecule has 0 N–H and O–H groups in total. The van der Waals surface area contributed by atoms with Crippen molar-refractivity contribution >= 4 is 9.24 Å². The summed E-state index contributed by atoms with van der Waals surface area (Å²) >= 11 is 0. The summed E-state index contributed by atoms with van der Waals surface area (Å²) in [6.07, 6.45) is 22.9. The van der Waals surface area contributed by atoms with Crippen LogP contribution in [0.1, 0.15) is 169 Å². The molecule has 0 saturated carbocycles. The first-order chi connectivity index (χ1) is 18.6. The smallest absolute Gasteiger partial charge is 0.0239 e. The minimum Gasteiger partial charge on any atom is -0.125 e. The molecule has 0 saturated heterocycles. The lowest BCUT2D eigenvalue weighted by molar-refractivity contribution is 0.723. The van der Waals surface area contributed by atoms with Crippen LogP contribution in [0.15, 0.2) is 24.3 Å². The van der Waals surface area contributed by atoms with Gasteiger partial charge in [-0.25, -0.2) is 0 Å². The Balaban J connectivity index is 2.69. The van der Waals surface area contributed by atoms with Crippen molar-refractivity contribution in [2.75, 3.05) is 0 Å². The molecule has 0 bridgehead atoms. The fraction of sp³-hybridized carbons (Fsp3) is 0.676. The lowest BCUT2D eigenvalue weighted by Crippen LogP contribution is -2.11. The number of benzene rings is 2. The van der Waals surface area contributed by atoms with Crippen molar-refractivity contribution < 1.29 is 0 Å². The Morgan fingerprint density at radius 1 is 0.421 bits per heavy atom. The fourth-order valence-corrected chi connectivity index (χ4v) is 6.72. The highest BCUT2D eigenvalue weighted by molar-refractivity contribution is 7.17. The van der Waals surface area contributed by atoms with Gasteiger partial charge in [0.05, 0.1) is 0 Å². The Morgan fingerprint density at radius 2 is 0.711 bits per heavy atom. The van der Waals surface area contributed by atoms with Gasteiger partial charge in [-0.2, -0.15) is 0 Å². The van der Waals surface area contributed by atoms with Gasteiger partial charge in [0.2, 0.25) is 0 Å². The largest absolute Gasteiger partial charge is 0.125 e. The second-order valence-corrected chi connectivity index (χ2v) is 12.3. The van der Waals surface area contributed by atoms with Gasteiger partial charge in [0.25, 0.3) is 0 Å². The zero-order chi connectivity index (χ0) is 27.8. The third kappa shape index (κ3) is 9.51. The molecule has 1 heteroatoms. The lowest BCUT2D eigenvalue weighted by Gasteiger charge is -2.27. The van der Waals surface area contributed by atoms with E-state index in [1.165, 1.54) is 116 Å². The zero-order valence-electron chi connectivity index (χ0n) is 26.2. The van der Waals surface area contributed by atoms with Gasteiger partial charge in [0.15, 0.2) is 0 Å². The molecule has 0 fully saturated rings. The molecule has 0 aliphatic heterocycles. The third-order valence-corrected chi connectivity index (χ3v) is 9.24. The summed E-state index contributed by atoms with van der Waals surface area (Å²) in [5, 5.41) is 0. The van der Waals surface area contributed by atoms with Crippen LogP contribution >= 0.6 is 9.24 Å². The topological polar surface area (TPSA) is 0 Å². The van der Waals surface area contributed by atoms with E-state index in [1.807, 2.05) is 0 Å². The molecule has 2 rings (SSSR count). The maximum absolute atomic E-state index is 3.33. The molecule has 38 heavy (non-hydrogen) atoms. The summed E-state index contributed by atoms with van der Waals surface area (Å²) in [6.45, 7) is 14.0. The van der Waals surface area contributed by atoms with Gasteiger partial charge in [-0.1, -0.05) is 104 Å². The molecule has 1 atom stereocenters. The number of aryl methyl sites for hydroxylation is 2. The summed E-state index contributed by atoms with van der Waals surface area (Å²) in [5.74, 6) is 0. The third-order valence-electron chi connectivity index (χ3n) is 8.52. The van der Waals surface area contributed by atoms with E-state index in [0.29, 0.717) is 5.66 Å². The van der Waals surface area contributed by atoms with Crippen molar-refractivity contribution in [2.45, 2.75) is 163 Å². The molecule has 0 aromatic heterocycles. The maximum atomic E-state index is 3.33. The number of hydrogen-bond donors (Lipinski definition) is 0. The minimum absolute atomic E-state index is 0.384. The molecule has 2 aromatic carbocycles. The quantitative estimate of drug-likeness (QED) is 0.148. The van der Waals surface area contributed by atoms with E-state index in [1.54, 1.807) is 44.5 Å². The van der Waals surface area contributed by atoms with Crippen molar-refractivity contribution in [3.8, 4) is 0 Å². The molecule has 214 valence electrons. The van der Waals surface area contributed by atoms with Gasteiger partial charge in [-0.05, 0) is 122 Å². The van der Waals surface area contributed by atoms with E-state index in [9.17, 15) is 0 Å². The average Bonchev–Trinajstić information content (AvgIpc) is 2.94. The van der Waals surface area contributed by atoms with Gasteiger partial charge in [0.1, 0.15) is 0 Å². The van der Waals surface area contributed by atoms with Crippen LogP contribution in [-0.4, -0.2) is 0 Å². The summed E-state index contributed by atoms with van der Waals surface area (Å²) < 4.78 is 0. The van der Waals surface area contributed by atoms with Crippen LogP contribution in [0.4, 0.5) is 0 Å². The molecule has 0 aliphatic rings. The molecule has 0 spiro atoms. The normalized spacial score (nSPS) is 11.6. The van der Waals surface area contributed by atoms with Gasteiger partial charge in [0, 0.05) is 5.66 Å². The summed E-state index contributed by atoms with van der Waals surface area (Å²) in [5.41, 5.74) is 13.6.